The van der Waals surface area contributed by atoms with Crippen molar-refractivity contribution in [2.45, 2.75) is 19.8 Å². The van der Waals surface area contributed by atoms with Gasteiger partial charge in [-0.1, -0.05) is 0 Å². The summed E-state index contributed by atoms with van der Waals surface area (Å²) in [5.41, 5.74) is 0. The number of methoxy groups -OCH3 is 1. The first-order valence-corrected chi connectivity index (χ1v) is 5.92. The van der Waals surface area contributed by atoms with Gasteiger partial charge in [-0.05, 0) is 29.3 Å². The minimum absolute atomic E-state index is 0.223. The third-order valence-corrected chi connectivity index (χ3v) is 2.71. The molecule has 16 heavy (non-hydrogen) atoms. The van der Waals surface area contributed by atoms with Gasteiger partial charge in [-0.25, -0.2) is 4.79 Å². The average molecular weight is 291 g/mol. The van der Waals surface area contributed by atoms with E-state index in [-0.39, 0.29) is 5.76 Å². The maximum absolute atomic E-state index is 11.2. The molecule has 1 aromatic rings. The number of aryl methyl sites for hydroxylation is 1. The van der Waals surface area contributed by atoms with Crippen LogP contribution < -0.4 is 0 Å². The van der Waals surface area contributed by atoms with Crippen LogP contribution >= 0.6 is 15.9 Å². The maximum Gasteiger partial charge on any atom is 0.373 e. The minimum atomic E-state index is -0.461. The number of carbonyl (C=O) groups excluding carboxylic acids is 1. The second kappa shape index (κ2) is 6.70. The maximum atomic E-state index is 11.2. The third kappa shape index (κ3) is 3.64. The molecule has 1 heterocycles. The van der Waals surface area contributed by atoms with Gasteiger partial charge in [-0.2, -0.15) is 0 Å². The number of furan rings is 1. The van der Waals surface area contributed by atoms with E-state index in [9.17, 15) is 4.79 Å². The summed E-state index contributed by atoms with van der Waals surface area (Å²) >= 11 is 3.34. The highest BCUT2D eigenvalue weighted by molar-refractivity contribution is 9.10. The molecule has 0 aromatic carbocycles. The largest absolute Gasteiger partial charge is 0.463 e. The first-order valence-electron chi connectivity index (χ1n) is 5.13. The molecule has 0 unspecified atom stereocenters. The summed E-state index contributed by atoms with van der Waals surface area (Å²) in [6.07, 6.45) is 1.60. The molecule has 0 spiro atoms. The van der Waals surface area contributed by atoms with E-state index in [4.69, 9.17) is 9.15 Å². The number of hydrogen-bond donors (Lipinski definition) is 0. The lowest BCUT2D eigenvalue weighted by Gasteiger charge is -1.99. The van der Waals surface area contributed by atoms with E-state index < -0.39 is 5.97 Å². The van der Waals surface area contributed by atoms with Crippen molar-refractivity contribution >= 4 is 21.9 Å². The molecule has 0 aliphatic heterocycles. The van der Waals surface area contributed by atoms with Gasteiger partial charge in [0.25, 0.3) is 0 Å². The molecular weight excluding hydrogens is 276 g/mol. The van der Waals surface area contributed by atoms with Crippen molar-refractivity contribution in [1.29, 1.82) is 0 Å². The first-order chi connectivity index (χ1) is 7.69. The summed E-state index contributed by atoms with van der Waals surface area (Å²) in [6, 6.07) is 1.63. The molecule has 1 rings (SSSR count). The fourth-order valence-electron chi connectivity index (χ4n) is 1.26. The molecule has 0 saturated heterocycles. The normalized spacial score (nSPS) is 10.4. The molecule has 0 radical (unpaired) electrons. The highest BCUT2D eigenvalue weighted by Gasteiger charge is 2.15. The number of ether oxygens (including phenoxy) is 2. The average Bonchev–Trinajstić information content (AvgIpc) is 2.65. The predicted octanol–water partition coefficient (Wildman–Crippen LogP) is 2.80. The fourth-order valence-corrected chi connectivity index (χ4v) is 1.74. The Kier molecular flexibility index (Phi) is 5.55. The molecule has 0 saturated carbocycles. The van der Waals surface area contributed by atoms with E-state index in [1.807, 2.05) is 6.92 Å². The zero-order valence-electron chi connectivity index (χ0n) is 9.42. The van der Waals surface area contributed by atoms with Crippen LogP contribution in [0.4, 0.5) is 0 Å². The predicted molar refractivity (Wildman–Crippen MR) is 62.6 cm³/mol. The summed E-state index contributed by atoms with van der Waals surface area (Å²) in [5, 5.41) is 0. The molecule has 0 bridgehead atoms. The van der Waals surface area contributed by atoms with Crippen molar-refractivity contribution in [2.24, 2.45) is 0 Å². The van der Waals surface area contributed by atoms with Crippen LogP contribution in [-0.2, 0) is 15.9 Å². The first kappa shape index (κ1) is 13.3. The molecule has 0 aliphatic carbocycles. The van der Waals surface area contributed by atoms with Gasteiger partial charge >= 0.3 is 5.97 Å². The van der Waals surface area contributed by atoms with Gasteiger partial charge in [0.2, 0.25) is 5.76 Å². The second-order valence-corrected chi connectivity index (χ2v) is 4.03. The van der Waals surface area contributed by atoms with Gasteiger partial charge in [0, 0.05) is 25.7 Å². The third-order valence-electron chi connectivity index (χ3n) is 2.04. The van der Waals surface area contributed by atoms with Crippen molar-refractivity contribution in [3.05, 3.63) is 22.1 Å². The van der Waals surface area contributed by atoms with Crippen molar-refractivity contribution in [3.63, 3.8) is 0 Å². The zero-order chi connectivity index (χ0) is 12.0. The van der Waals surface area contributed by atoms with E-state index in [1.54, 1.807) is 6.07 Å². The molecule has 5 heteroatoms. The van der Waals surface area contributed by atoms with Crippen molar-refractivity contribution < 1.29 is 18.7 Å². The number of hydrogen-bond acceptors (Lipinski definition) is 4. The van der Waals surface area contributed by atoms with Crippen molar-refractivity contribution in [2.75, 3.05) is 20.3 Å². The Balaban J connectivity index is 2.53. The lowest BCUT2D eigenvalue weighted by atomic mass is 10.2. The standard InChI is InChI=1S/C11H15BrO4/c1-3-15-6-4-5-9-8(12)7-10(16-9)11(13)14-2/h7H,3-6H2,1-2H3. The van der Waals surface area contributed by atoms with Gasteiger partial charge < -0.3 is 13.9 Å². The van der Waals surface area contributed by atoms with E-state index in [0.717, 1.165) is 23.1 Å². The molecule has 0 atom stereocenters. The molecule has 0 aliphatic rings. The van der Waals surface area contributed by atoms with Gasteiger partial charge in [0.1, 0.15) is 5.76 Å². The van der Waals surface area contributed by atoms with Crippen LogP contribution in [0.3, 0.4) is 0 Å². The lowest BCUT2D eigenvalue weighted by Crippen LogP contribution is -1.98. The quantitative estimate of drug-likeness (QED) is 0.597. The fraction of sp³-hybridized carbons (Fsp3) is 0.545. The number of carbonyl (C=O) groups is 1. The Morgan fingerprint density at radius 3 is 2.94 bits per heavy atom. The SMILES string of the molecule is CCOCCCc1oc(C(=O)OC)cc1Br. The highest BCUT2D eigenvalue weighted by Crippen LogP contribution is 2.23. The number of halogens is 1. The van der Waals surface area contributed by atoms with Gasteiger partial charge in [0.15, 0.2) is 0 Å². The van der Waals surface area contributed by atoms with Gasteiger partial charge in [-0.3, -0.25) is 0 Å². The van der Waals surface area contributed by atoms with Crippen LogP contribution in [-0.4, -0.2) is 26.3 Å². The minimum Gasteiger partial charge on any atom is -0.463 e. The number of rotatable bonds is 6. The monoisotopic (exact) mass is 290 g/mol. The van der Waals surface area contributed by atoms with Crippen molar-refractivity contribution in [1.82, 2.24) is 0 Å². The smallest absolute Gasteiger partial charge is 0.373 e. The topological polar surface area (TPSA) is 48.7 Å². The molecule has 1 aromatic heterocycles. The van der Waals surface area contributed by atoms with E-state index in [2.05, 4.69) is 20.7 Å². The Morgan fingerprint density at radius 2 is 2.31 bits per heavy atom. The Bertz CT molecular complexity index is 346. The summed E-state index contributed by atoms with van der Waals surface area (Å²) in [7, 11) is 1.33. The molecule has 90 valence electrons. The zero-order valence-corrected chi connectivity index (χ0v) is 11.0. The molecular formula is C11H15BrO4. The Labute approximate surface area is 103 Å². The van der Waals surface area contributed by atoms with Crippen LogP contribution in [0, 0.1) is 0 Å². The van der Waals surface area contributed by atoms with Crippen LogP contribution in [0.1, 0.15) is 29.7 Å². The van der Waals surface area contributed by atoms with E-state index in [0.29, 0.717) is 13.2 Å². The van der Waals surface area contributed by atoms with Crippen LogP contribution in [0.5, 0.6) is 0 Å². The molecule has 0 N–H and O–H groups in total. The lowest BCUT2D eigenvalue weighted by molar-refractivity contribution is 0.0563. The van der Waals surface area contributed by atoms with E-state index >= 15 is 0 Å². The molecule has 0 amide bonds. The second-order valence-electron chi connectivity index (χ2n) is 3.17. The van der Waals surface area contributed by atoms with Crippen LogP contribution in [0.15, 0.2) is 15.0 Å². The summed E-state index contributed by atoms with van der Waals surface area (Å²) in [4.78, 5) is 11.2. The summed E-state index contributed by atoms with van der Waals surface area (Å²) in [5.74, 6) is 0.512. The Hall–Kier alpha value is -0.810. The molecule has 0 fully saturated rings. The molecule has 4 nitrogen and oxygen atoms in total. The van der Waals surface area contributed by atoms with Crippen molar-refractivity contribution in [3.8, 4) is 0 Å². The van der Waals surface area contributed by atoms with Gasteiger partial charge in [-0.15, -0.1) is 0 Å². The van der Waals surface area contributed by atoms with Crippen LogP contribution in [0.25, 0.3) is 0 Å². The van der Waals surface area contributed by atoms with Gasteiger partial charge in [0.05, 0.1) is 11.6 Å². The Morgan fingerprint density at radius 1 is 1.56 bits per heavy atom. The summed E-state index contributed by atoms with van der Waals surface area (Å²) < 4.78 is 16.0. The van der Waals surface area contributed by atoms with E-state index in [1.165, 1.54) is 7.11 Å². The van der Waals surface area contributed by atoms with Crippen LogP contribution in [0.2, 0.25) is 0 Å². The summed E-state index contributed by atoms with van der Waals surface area (Å²) in [6.45, 7) is 3.36. The number of esters is 1. The highest BCUT2D eigenvalue weighted by atomic mass is 79.9.